The second-order valence-electron chi connectivity index (χ2n) is 2.93. The number of aromatic nitrogens is 2. The highest BCUT2D eigenvalue weighted by Gasteiger charge is 2.16. The maximum Gasteiger partial charge on any atom is 0.233 e. The molecule has 2 rings (SSSR count). The molecule has 1 aromatic rings. The molecule has 0 radical (unpaired) electrons. The van der Waals surface area contributed by atoms with Gasteiger partial charge in [-0.05, 0) is 19.0 Å². The molecule has 13 heavy (non-hydrogen) atoms. The first-order valence-electron chi connectivity index (χ1n) is 4.21. The molecule has 70 valence electrons. The second kappa shape index (κ2) is 3.89. The van der Waals surface area contributed by atoms with Crippen LogP contribution >= 0.6 is 11.6 Å². The topological polar surface area (TPSA) is 47.0 Å². The summed E-state index contributed by atoms with van der Waals surface area (Å²) in [7, 11) is 0. The molecule has 1 aromatic heterocycles. The van der Waals surface area contributed by atoms with Crippen molar-refractivity contribution in [2.24, 2.45) is 0 Å². The van der Waals surface area contributed by atoms with E-state index in [1.54, 1.807) is 12.1 Å². The minimum Gasteiger partial charge on any atom is -0.472 e. The molecule has 0 aromatic carbocycles. The summed E-state index contributed by atoms with van der Waals surface area (Å²) in [5.41, 5.74) is 0. The third-order valence-corrected chi connectivity index (χ3v) is 2.11. The van der Waals surface area contributed by atoms with Crippen molar-refractivity contribution in [1.29, 1.82) is 0 Å². The molecule has 0 bridgehead atoms. The lowest BCUT2D eigenvalue weighted by molar-refractivity contribution is 0.211. The Morgan fingerprint density at radius 2 is 2.38 bits per heavy atom. The molecule has 1 unspecified atom stereocenters. The third-order valence-electron chi connectivity index (χ3n) is 1.91. The fourth-order valence-corrected chi connectivity index (χ4v) is 1.37. The van der Waals surface area contributed by atoms with Gasteiger partial charge in [0, 0.05) is 12.6 Å². The van der Waals surface area contributed by atoms with Gasteiger partial charge in [0.1, 0.15) is 6.10 Å². The first-order valence-corrected chi connectivity index (χ1v) is 4.59. The molecule has 0 saturated carbocycles. The SMILES string of the molecule is Clc1ccc(OC2CCNC2)nn1. The van der Waals surface area contributed by atoms with E-state index in [1.807, 2.05) is 0 Å². The molecule has 0 aliphatic carbocycles. The van der Waals surface area contributed by atoms with Crippen LogP contribution in [0.3, 0.4) is 0 Å². The van der Waals surface area contributed by atoms with Crippen LogP contribution < -0.4 is 10.1 Å². The third kappa shape index (κ3) is 2.29. The van der Waals surface area contributed by atoms with E-state index in [0.717, 1.165) is 19.5 Å². The zero-order chi connectivity index (χ0) is 9.10. The molecule has 4 nitrogen and oxygen atoms in total. The summed E-state index contributed by atoms with van der Waals surface area (Å²) in [5.74, 6) is 0.540. The zero-order valence-corrected chi connectivity index (χ0v) is 7.79. The van der Waals surface area contributed by atoms with Crippen molar-refractivity contribution in [3.05, 3.63) is 17.3 Å². The van der Waals surface area contributed by atoms with Crippen LogP contribution in [0.2, 0.25) is 5.15 Å². The van der Waals surface area contributed by atoms with Gasteiger partial charge < -0.3 is 10.1 Å². The summed E-state index contributed by atoms with van der Waals surface area (Å²) in [6.07, 6.45) is 1.24. The number of nitrogens with one attached hydrogen (secondary N) is 1. The Labute approximate surface area is 81.3 Å². The molecule has 1 aliphatic rings. The number of hydrogen-bond donors (Lipinski definition) is 1. The zero-order valence-electron chi connectivity index (χ0n) is 7.03. The molecule has 5 heteroatoms. The number of ether oxygens (including phenoxy) is 1. The monoisotopic (exact) mass is 199 g/mol. The second-order valence-corrected chi connectivity index (χ2v) is 3.31. The highest BCUT2D eigenvalue weighted by atomic mass is 35.5. The van der Waals surface area contributed by atoms with Gasteiger partial charge in [-0.2, -0.15) is 0 Å². The van der Waals surface area contributed by atoms with Gasteiger partial charge in [0.2, 0.25) is 5.88 Å². The van der Waals surface area contributed by atoms with Crippen LogP contribution in [0.25, 0.3) is 0 Å². The molecular weight excluding hydrogens is 190 g/mol. The Kier molecular flexibility index (Phi) is 2.61. The van der Waals surface area contributed by atoms with E-state index >= 15 is 0 Å². The van der Waals surface area contributed by atoms with Gasteiger partial charge in [-0.15, -0.1) is 10.2 Å². The van der Waals surface area contributed by atoms with Crippen LogP contribution in [0.1, 0.15) is 6.42 Å². The largest absolute Gasteiger partial charge is 0.472 e. The molecule has 0 amide bonds. The van der Waals surface area contributed by atoms with Gasteiger partial charge >= 0.3 is 0 Å². The van der Waals surface area contributed by atoms with E-state index in [4.69, 9.17) is 16.3 Å². The Morgan fingerprint density at radius 1 is 1.46 bits per heavy atom. The molecule has 1 fully saturated rings. The molecule has 2 heterocycles. The van der Waals surface area contributed by atoms with Gasteiger partial charge in [0.25, 0.3) is 0 Å². The Balaban J connectivity index is 1.97. The number of rotatable bonds is 2. The molecule has 1 N–H and O–H groups in total. The summed E-state index contributed by atoms with van der Waals surface area (Å²) < 4.78 is 5.54. The van der Waals surface area contributed by atoms with Crippen LogP contribution in [0, 0.1) is 0 Å². The van der Waals surface area contributed by atoms with Gasteiger partial charge in [0.05, 0.1) is 0 Å². The van der Waals surface area contributed by atoms with E-state index < -0.39 is 0 Å². The fourth-order valence-electron chi connectivity index (χ4n) is 1.27. The first kappa shape index (κ1) is 8.72. The highest BCUT2D eigenvalue weighted by Crippen LogP contribution is 2.12. The van der Waals surface area contributed by atoms with Gasteiger partial charge in [0.15, 0.2) is 5.15 Å². The van der Waals surface area contributed by atoms with Crippen LogP contribution in [0.15, 0.2) is 12.1 Å². The number of nitrogens with zero attached hydrogens (tertiary/aromatic N) is 2. The number of halogens is 1. The van der Waals surface area contributed by atoms with Crippen molar-refractivity contribution in [3.63, 3.8) is 0 Å². The van der Waals surface area contributed by atoms with E-state index in [-0.39, 0.29) is 6.10 Å². The van der Waals surface area contributed by atoms with Crippen molar-refractivity contribution >= 4 is 11.6 Å². The smallest absolute Gasteiger partial charge is 0.233 e. The lowest BCUT2D eigenvalue weighted by Crippen LogP contribution is -2.20. The van der Waals surface area contributed by atoms with E-state index in [1.165, 1.54) is 0 Å². The molecule has 1 saturated heterocycles. The van der Waals surface area contributed by atoms with Crippen molar-refractivity contribution in [2.45, 2.75) is 12.5 Å². The lowest BCUT2D eigenvalue weighted by atomic mass is 10.3. The molecule has 1 aliphatic heterocycles. The van der Waals surface area contributed by atoms with Crippen LogP contribution in [0.4, 0.5) is 0 Å². The quantitative estimate of drug-likeness (QED) is 0.768. The standard InChI is InChI=1S/C8H10ClN3O/c9-7-1-2-8(12-11-7)13-6-3-4-10-5-6/h1-2,6,10H,3-5H2. The lowest BCUT2D eigenvalue weighted by Gasteiger charge is -2.09. The Hall–Kier alpha value is -0.870. The predicted molar refractivity (Wildman–Crippen MR) is 48.9 cm³/mol. The molecule has 1 atom stereocenters. The minimum absolute atomic E-state index is 0.218. The predicted octanol–water partition coefficient (Wildman–Crippen LogP) is 0.871. The average Bonchev–Trinajstić information content (AvgIpc) is 2.62. The summed E-state index contributed by atoms with van der Waals surface area (Å²) in [5, 5.41) is 11.1. The summed E-state index contributed by atoms with van der Waals surface area (Å²) in [4.78, 5) is 0. The summed E-state index contributed by atoms with van der Waals surface area (Å²) >= 11 is 5.59. The van der Waals surface area contributed by atoms with Crippen molar-refractivity contribution in [1.82, 2.24) is 15.5 Å². The summed E-state index contributed by atoms with van der Waals surface area (Å²) in [6.45, 7) is 1.88. The Morgan fingerprint density at radius 3 is 3.00 bits per heavy atom. The van der Waals surface area contributed by atoms with E-state index in [2.05, 4.69) is 15.5 Å². The Bertz CT molecular complexity index is 271. The van der Waals surface area contributed by atoms with Gasteiger partial charge in [-0.25, -0.2) is 0 Å². The van der Waals surface area contributed by atoms with Crippen molar-refractivity contribution in [2.75, 3.05) is 13.1 Å². The van der Waals surface area contributed by atoms with Crippen LogP contribution in [-0.4, -0.2) is 29.4 Å². The molecular formula is C8H10ClN3O. The maximum absolute atomic E-state index is 5.59. The average molecular weight is 200 g/mol. The number of hydrogen-bond acceptors (Lipinski definition) is 4. The molecule has 0 spiro atoms. The minimum atomic E-state index is 0.218. The van der Waals surface area contributed by atoms with Gasteiger partial charge in [-0.3, -0.25) is 0 Å². The van der Waals surface area contributed by atoms with E-state index in [9.17, 15) is 0 Å². The van der Waals surface area contributed by atoms with Crippen molar-refractivity contribution < 1.29 is 4.74 Å². The van der Waals surface area contributed by atoms with Crippen LogP contribution in [-0.2, 0) is 0 Å². The normalized spacial score (nSPS) is 21.8. The van der Waals surface area contributed by atoms with Gasteiger partial charge in [-0.1, -0.05) is 11.6 Å². The van der Waals surface area contributed by atoms with Crippen LogP contribution in [0.5, 0.6) is 5.88 Å². The van der Waals surface area contributed by atoms with Crippen molar-refractivity contribution in [3.8, 4) is 5.88 Å². The first-order chi connectivity index (χ1) is 6.34. The fraction of sp³-hybridized carbons (Fsp3) is 0.500. The highest BCUT2D eigenvalue weighted by molar-refractivity contribution is 6.29. The van der Waals surface area contributed by atoms with E-state index in [0.29, 0.717) is 11.0 Å². The maximum atomic E-state index is 5.59. The summed E-state index contributed by atoms with van der Waals surface area (Å²) in [6, 6.07) is 3.40.